The lowest BCUT2D eigenvalue weighted by Crippen LogP contribution is -2.14. The van der Waals surface area contributed by atoms with E-state index in [-0.39, 0.29) is 11.3 Å². The number of amides is 1. The first kappa shape index (κ1) is 16.1. The molecule has 2 heterocycles. The molecule has 0 unspecified atom stereocenters. The van der Waals surface area contributed by atoms with Crippen LogP contribution in [0.15, 0.2) is 42.9 Å². The number of aromatic carboxylic acids is 1. The number of anilines is 1. The molecule has 0 spiro atoms. The minimum absolute atomic E-state index is 0.00182. The van der Waals surface area contributed by atoms with Crippen LogP contribution in [0.5, 0.6) is 5.75 Å². The number of tetrazole rings is 1. The zero-order valence-electron chi connectivity index (χ0n) is 12.9. The summed E-state index contributed by atoms with van der Waals surface area (Å²) in [6.45, 7) is 0. The van der Waals surface area contributed by atoms with Crippen molar-refractivity contribution in [3.05, 3.63) is 54.1 Å². The average Bonchev–Trinajstić information content (AvgIpc) is 3.16. The summed E-state index contributed by atoms with van der Waals surface area (Å²) in [5.41, 5.74) is 1.10. The number of carboxylic acids is 1. The fraction of sp³-hybridized carbons (Fsp3) is 0.0667. The molecule has 1 amide bonds. The van der Waals surface area contributed by atoms with E-state index >= 15 is 0 Å². The second-order valence-electron chi connectivity index (χ2n) is 4.83. The smallest absolute Gasteiger partial charge is 0.337 e. The molecule has 10 heteroatoms. The van der Waals surface area contributed by atoms with E-state index in [2.05, 4.69) is 25.8 Å². The van der Waals surface area contributed by atoms with Crippen molar-refractivity contribution in [1.82, 2.24) is 25.2 Å². The van der Waals surface area contributed by atoms with E-state index < -0.39 is 11.9 Å². The highest BCUT2D eigenvalue weighted by Gasteiger charge is 2.13. The number of ether oxygens (including phenoxy) is 1. The number of methoxy groups -OCH3 is 1. The van der Waals surface area contributed by atoms with Gasteiger partial charge in [0.05, 0.1) is 12.7 Å². The highest BCUT2D eigenvalue weighted by molar-refractivity contribution is 6.03. The summed E-state index contributed by atoms with van der Waals surface area (Å²) in [6, 6.07) is 7.60. The van der Waals surface area contributed by atoms with Crippen LogP contribution >= 0.6 is 0 Å². The summed E-state index contributed by atoms with van der Waals surface area (Å²) in [4.78, 5) is 26.9. The molecule has 0 saturated heterocycles. The second kappa shape index (κ2) is 6.74. The van der Waals surface area contributed by atoms with Crippen LogP contribution in [0.25, 0.3) is 5.69 Å². The van der Waals surface area contributed by atoms with E-state index in [4.69, 9.17) is 9.84 Å². The van der Waals surface area contributed by atoms with Gasteiger partial charge in [-0.15, -0.1) is 5.10 Å². The van der Waals surface area contributed by atoms with Crippen LogP contribution in [0.1, 0.15) is 20.8 Å². The molecule has 0 bridgehead atoms. The third-order valence-corrected chi connectivity index (χ3v) is 3.28. The molecule has 1 aromatic carbocycles. The molecule has 3 aromatic rings. The van der Waals surface area contributed by atoms with Gasteiger partial charge in [-0.05, 0) is 40.8 Å². The van der Waals surface area contributed by atoms with E-state index in [0.717, 1.165) is 6.20 Å². The van der Waals surface area contributed by atoms with Crippen LogP contribution in [0, 0.1) is 0 Å². The molecule has 126 valence electrons. The van der Waals surface area contributed by atoms with Crippen LogP contribution in [-0.2, 0) is 0 Å². The van der Waals surface area contributed by atoms with Gasteiger partial charge in [0.25, 0.3) is 5.91 Å². The molecule has 10 nitrogen and oxygen atoms in total. The fourth-order valence-electron chi connectivity index (χ4n) is 2.07. The summed E-state index contributed by atoms with van der Waals surface area (Å²) >= 11 is 0. The van der Waals surface area contributed by atoms with Crippen molar-refractivity contribution >= 4 is 17.6 Å². The first-order valence-electron chi connectivity index (χ1n) is 7.00. The summed E-state index contributed by atoms with van der Waals surface area (Å²) in [5.74, 6) is -1.07. The Bertz CT molecular complexity index is 908. The van der Waals surface area contributed by atoms with Crippen molar-refractivity contribution in [1.29, 1.82) is 0 Å². The van der Waals surface area contributed by atoms with Crippen molar-refractivity contribution in [3.8, 4) is 11.4 Å². The van der Waals surface area contributed by atoms with Crippen molar-refractivity contribution in [3.63, 3.8) is 0 Å². The molecule has 0 saturated carbocycles. The average molecular weight is 340 g/mol. The number of pyridine rings is 1. The van der Waals surface area contributed by atoms with E-state index in [0.29, 0.717) is 17.1 Å². The van der Waals surface area contributed by atoms with Crippen LogP contribution in [-0.4, -0.2) is 49.3 Å². The number of nitrogens with one attached hydrogen (secondary N) is 1. The van der Waals surface area contributed by atoms with Gasteiger partial charge >= 0.3 is 5.97 Å². The van der Waals surface area contributed by atoms with E-state index in [1.54, 1.807) is 18.2 Å². The number of carbonyl (C=O) groups excluding carboxylic acids is 1. The Morgan fingerprint density at radius 3 is 2.68 bits per heavy atom. The number of carboxylic acid groups (broad SMARTS) is 1. The minimum Gasteiger partial charge on any atom is -0.494 e. The van der Waals surface area contributed by atoms with E-state index in [1.807, 2.05) is 0 Å². The van der Waals surface area contributed by atoms with Gasteiger partial charge in [-0.2, -0.15) is 4.68 Å². The normalized spacial score (nSPS) is 10.3. The largest absolute Gasteiger partial charge is 0.494 e. The maximum Gasteiger partial charge on any atom is 0.337 e. The topological polar surface area (TPSA) is 132 Å². The number of hydrogen-bond donors (Lipinski definition) is 2. The zero-order chi connectivity index (χ0) is 17.8. The van der Waals surface area contributed by atoms with Crippen molar-refractivity contribution in [2.24, 2.45) is 0 Å². The predicted molar refractivity (Wildman–Crippen MR) is 84.9 cm³/mol. The molecule has 2 aromatic heterocycles. The number of hydrogen-bond acceptors (Lipinski definition) is 7. The van der Waals surface area contributed by atoms with Gasteiger partial charge in [-0.1, -0.05) is 0 Å². The van der Waals surface area contributed by atoms with Gasteiger partial charge in [0, 0.05) is 11.9 Å². The third-order valence-electron chi connectivity index (χ3n) is 3.28. The Hall–Kier alpha value is -3.82. The van der Waals surface area contributed by atoms with Gasteiger partial charge in [0.2, 0.25) is 0 Å². The molecule has 0 atom stereocenters. The fourth-order valence-corrected chi connectivity index (χ4v) is 2.07. The first-order valence-corrected chi connectivity index (χ1v) is 7.00. The lowest BCUT2D eigenvalue weighted by atomic mass is 10.2. The van der Waals surface area contributed by atoms with Crippen molar-refractivity contribution in [2.75, 3.05) is 12.4 Å². The SMILES string of the molecule is COc1ccc(NC(=O)c2ccc(C(=O)O)cn2)cc1-n1cnnn1. The highest BCUT2D eigenvalue weighted by atomic mass is 16.5. The van der Waals surface area contributed by atoms with E-state index in [9.17, 15) is 9.59 Å². The number of nitrogens with zero attached hydrogens (tertiary/aromatic N) is 5. The Kier molecular flexibility index (Phi) is 4.33. The molecule has 3 rings (SSSR count). The molecule has 0 aliphatic heterocycles. The standard InChI is InChI=1S/C15H12N6O4/c1-25-13-5-3-10(6-12(13)21-8-17-19-20-21)18-14(22)11-4-2-9(7-16-11)15(23)24/h2-8H,1H3,(H,18,22)(H,23,24). The van der Waals surface area contributed by atoms with Crippen molar-refractivity contribution < 1.29 is 19.4 Å². The van der Waals surface area contributed by atoms with Crippen LogP contribution < -0.4 is 10.1 Å². The van der Waals surface area contributed by atoms with E-state index in [1.165, 1.54) is 30.3 Å². The molecule has 25 heavy (non-hydrogen) atoms. The summed E-state index contributed by atoms with van der Waals surface area (Å²) in [5, 5.41) is 22.5. The second-order valence-corrected chi connectivity index (χ2v) is 4.83. The highest BCUT2D eigenvalue weighted by Crippen LogP contribution is 2.25. The Morgan fingerprint density at radius 1 is 1.24 bits per heavy atom. The molecular formula is C15H12N6O4. The predicted octanol–water partition coefficient (Wildman–Crippen LogP) is 1.02. The van der Waals surface area contributed by atoms with Gasteiger partial charge in [0.15, 0.2) is 0 Å². The Labute approximate surface area is 141 Å². The quantitative estimate of drug-likeness (QED) is 0.703. The lowest BCUT2D eigenvalue weighted by Gasteiger charge is -2.10. The number of rotatable bonds is 5. The minimum atomic E-state index is -1.11. The number of benzene rings is 1. The zero-order valence-corrected chi connectivity index (χ0v) is 12.9. The molecule has 0 fully saturated rings. The van der Waals surface area contributed by atoms with Gasteiger partial charge in [-0.25, -0.2) is 4.79 Å². The van der Waals surface area contributed by atoms with Crippen LogP contribution in [0.2, 0.25) is 0 Å². The maximum atomic E-state index is 12.2. The van der Waals surface area contributed by atoms with Gasteiger partial charge < -0.3 is 15.2 Å². The summed E-state index contributed by atoms with van der Waals surface area (Å²) < 4.78 is 6.65. The number of carbonyl (C=O) groups is 2. The molecule has 0 aliphatic rings. The van der Waals surface area contributed by atoms with Gasteiger partial charge in [-0.3, -0.25) is 9.78 Å². The first-order chi connectivity index (χ1) is 12.1. The molecule has 2 N–H and O–H groups in total. The summed E-state index contributed by atoms with van der Waals surface area (Å²) in [7, 11) is 1.51. The van der Waals surface area contributed by atoms with Gasteiger partial charge in [0.1, 0.15) is 23.5 Å². The summed E-state index contributed by atoms with van der Waals surface area (Å²) in [6.07, 6.45) is 2.52. The Balaban J connectivity index is 1.84. The Morgan fingerprint density at radius 2 is 2.08 bits per heavy atom. The van der Waals surface area contributed by atoms with Crippen LogP contribution in [0.3, 0.4) is 0 Å². The molecule has 0 radical (unpaired) electrons. The third kappa shape index (κ3) is 3.42. The van der Waals surface area contributed by atoms with Crippen molar-refractivity contribution in [2.45, 2.75) is 0 Å². The molecular weight excluding hydrogens is 328 g/mol. The monoisotopic (exact) mass is 340 g/mol. The lowest BCUT2D eigenvalue weighted by molar-refractivity contribution is 0.0696. The molecule has 0 aliphatic carbocycles. The maximum absolute atomic E-state index is 12.2. The van der Waals surface area contributed by atoms with Crippen LogP contribution in [0.4, 0.5) is 5.69 Å². The number of aromatic nitrogens is 5.